The molecule has 1 heteroatoms. The van der Waals surface area contributed by atoms with Gasteiger partial charge in [0.25, 0.3) is 0 Å². The molecule has 114 valence electrons. The van der Waals surface area contributed by atoms with Gasteiger partial charge in [-0.25, -0.2) is 0 Å². The summed E-state index contributed by atoms with van der Waals surface area (Å²) < 4.78 is 0. The zero-order chi connectivity index (χ0) is 16.2. The van der Waals surface area contributed by atoms with Crippen molar-refractivity contribution in [3.8, 4) is 33.4 Å². The van der Waals surface area contributed by atoms with Gasteiger partial charge in [0, 0.05) is 0 Å². The van der Waals surface area contributed by atoms with Gasteiger partial charge >= 0.3 is 18.9 Å². The first-order valence-electron chi connectivity index (χ1n) is 8.14. The van der Waals surface area contributed by atoms with Gasteiger partial charge in [-0.2, -0.15) is 0 Å². The first kappa shape index (κ1) is 17.3. The molecular formula is C24H17Li. The fourth-order valence-electron chi connectivity index (χ4n) is 2.91. The monoisotopic (exact) mass is 312 g/mol. The quantitative estimate of drug-likeness (QED) is 0.401. The molecule has 0 aliphatic carbocycles. The number of rotatable bonds is 3. The van der Waals surface area contributed by atoms with Crippen molar-refractivity contribution in [3.63, 3.8) is 0 Å². The Hall–Kier alpha value is -2.52. The molecule has 0 atom stereocenters. The normalized spacial score (nSPS) is 10.1. The van der Waals surface area contributed by atoms with Crippen molar-refractivity contribution in [2.75, 3.05) is 0 Å². The van der Waals surface area contributed by atoms with Crippen molar-refractivity contribution in [2.45, 2.75) is 0 Å². The van der Waals surface area contributed by atoms with Gasteiger partial charge in [0.05, 0.1) is 0 Å². The topological polar surface area (TPSA) is 0 Å². The van der Waals surface area contributed by atoms with Crippen LogP contribution in [0.25, 0.3) is 33.4 Å². The Labute approximate surface area is 161 Å². The average molecular weight is 312 g/mol. The molecule has 0 fully saturated rings. The summed E-state index contributed by atoms with van der Waals surface area (Å²) in [6.07, 6.45) is 0. The molecule has 25 heavy (non-hydrogen) atoms. The van der Waals surface area contributed by atoms with Crippen LogP contribution < -0.4 is 18.9 Å². The summed E-state index contributed by atoms with van der Waals surface area (Å²) in [6, 6.07) is 39.4. The number of hydrogen-bond acceptors (Lipinski definition) is 0. The largest absolute Gasteiger partial charge is 1.00 e. The van der Waals surface area contributed by atoms with E-state index in [1.165, 1.54) is 22.3 Å². The van der Waals surface area contributed by atoms with Crippen molar-refractivity contribution in [1.29, 1.82) is 0 Å². The van der Waals surface area contributed by atoms with Crippen LogP contribution >= 0.6 is 0 Å². The van der Waals surface area contributed by atoms with E-state index in [1.54, 1.807) is 0 Å². The molecule has 0 unspecified atom stereocenters. The summed E-state index contributed by atoms with van der Waals surface area (Å²) in [7, 11) is 0. The number of hydrogen-bond donors (Lipinski definition) is 0. The molecule has 0 bridgehead atoms. The predicted octanol–water partition coefficient (Wildman–Crippen LogP) is 3.49. The second-order valence-electron chi connectivity index (χ2n) is 5.79. The molecule has 0 saturated carbocycles. The van der Waals surface area contributed by atoms with Crippen LogP contribution in [0, 0.1) is 6.07 Å². The van der Waals surface area contributed by atoms with E-state index >= 15 is 0 Å². The fraction of sp³-hybridized carbons (Fsp3) is 0. The Kier molecular flexibility index (Phi) is 5.56. The van der Waals surface area contributed by atoms with Gasteiger partial charge in [-0.05, 0) is 5.56 Å². The van der Waals surface area contributed by atoms with Crippen molar-refractivity contribution < 1.29 is 18.9 Å². The van der Waals surface area contributed by atoms with Crippen LogP contribution in [0.3, 0.4) is 0 Å². The third-order valence-electron chi connectivity index (χ3n) is 4.15. The summed E-state index contributed by atoms with van der Waals surface area (Å²) in [5.74, 6) is 0. The third kappa shape index (κ3) is 3.94. The van der Waals surface area contributed by atoms with Crippen LogP contribution in [0.15, 0.2) is 103 Å². The molecule has 4 rings (SSSR count). The van der Waals surface area contributed by atoms with Gasteiger partial charge in [0.15, 0.2) is 0 Å². The molecule has 0 amide bonds. The molecule has 0 aliphatic heterocycles. The second-order valence-corrected chi connectivity index (χ2v) is 5.79. The van der Waals surface area contributed by atoms with Crippen molar-refractivity contribution in [1.82, 2.24) is 0 Å². The summed E-state index contributed by atoms with van der Waals surface area (Å²) in [5.41, 5.74) is 7.06. The van der Waals surface area contributed by atoms with Crippen LogP contribution in [0.5, 0.6) is 0 Å². The zero-order valence-corrected chi connectivity index (χ0v) is 14.3. The Morgan fingerprint density at radius 2 is 0.760 bits per heavy atom. The molecular weight excluding hydrogens is 295 g/mol. The van der Waals surface area contributed by atoms with Crippen LogP contribution in [-0.4, -0.2) is 0 Å². The van der Waals surface area contributed by atoms with E-state index in [4.69, 9.17) is 0 Å². The predicted molar refractivity (Wildman–Crippen MR) is 102 cm³/mol. The molecule has 0 radical (unpaired) electrons. The summed E-state index contributed by atoms with van der Waals surface area (Å²) in [4.78, 5) is 0. The van der Waals surface area contributed by atoms with Gasteiger partial charge in [-0.3, -0.25) is 0 Å². The number of benzene rings is 4. The zero-order valence-electron chi connectivity index (χ0n) is 14.3. The minimum absolute atomic E-state index is 0. The van der Waals surface area contributed by atoms with Crippen molar-refractivity contribution >= 4 is 0 Å². The molecule has 0 aliphatic rings. The molecule has 4 aromatic rings. The van der Waals surface area contributed by atoms with Gasteiger partial charge in [-0.15, -0.1) is 29.3 Å². The van der Waals surface area contributed by atoms with E-state index < -0.39 is 0 Å². The van der Waals surface area contributed by atoms with Crippen LogP contribution in [0.1, 0.15) is 0 Å². The van der Waals surface area contributed by atoms with Crippen LogP contribution in [0.2, 0.25) is 0 Å². The van der Waals surface area contributed by atoms with E-state index in [-0.39, 0.29) is 18.9 Å². The van der Waals surface area contributed by atoms with Crippen molar-refractivity contribution in [2.24, 2.45) is 0 Å². The maximum atomic E-state index is 3.59. The van der Waals surface area contributed by atoms with E-state index in [0.29, 0.717) is 0 Å². The summed E-state index contributed by atoms with van der Waals surface area (Å²) in [6.45, 7) is 0. The van der Waals surface area contributed by atoms with Gasteiger partial charge < -0.3 is 0 Å². The Morgan fingerprint density at radius 1 is 0.400 bits per heavy atom. The molecule has 0 saturated heterocycles. The maximum Gasteiger partial charge on any atom is 1.00 e. The molecule has 0 heterocycles. The third-order valence-corrected chi connectivity index (χ3v) is 4.15. The van der Waals surface area contributed by atoms with Crippen LogP contribution in [-0.2, 0) is 0 Å². The SMILES string of the molecule is [Li+].[c-]1c(-c2ccccc2)cc(-c2ccccc2)cc1-c1ccccc1. The molecule has 0 aromatic heterocycles. The first-order chi connectivity index (χ1) is 11.9. The maximum absolute atomic E-state index is 3.59. The average Bonchev–Trinajstić information content (AvgIpc) is 2.70. The first-order valence-corrected chi connectivity index (χ1v) is 8.14. The Morgan fingerprint density at radius 3 is 1.16 bits per heavy atom. The summed E-state index contributed by atoms with van der Waals surface area (Å²) >= 11 is 0. The minimum Gasteiger partial charge on any atom is -0.118 e. The van der Waals surface area contributed by atoms with Crippen molar-refractivity contribution in [3.05, 3.63) is 109 Å². The standard InChI is InChI=1S/C24H17.Li/c1-4-10-19(11-5-1)22-16-23(20-12-6-2-7-13-20)18-24(17-22)21-14-8-3-9-15-21;/h1-17H;/q-1;+1. The Bertz CT molecular complexity index is 790. The van der Waals surface area contributed by atoms with E-state index in [2.05, 4.69) is 97.1 Å². The van der Waals surface area contributed by atoms with Gasteiger partial charge in [0.1, 0.15) is 0 Å². The smallest absolute Gasteiger partial charge is 0.118 e. The second kappa shape index (κ2) is 8.04. The van der Waals surface area contributed by atoms with Gasteiger partial charge in [-0.1, -0.05) is 108 Å². The minimum atomic E-state index is 0. The molecule has 4 aromatic carbocycles. The van der Waals surface area contributed by atoms with Crippen LogP contribution in [0.4, 0.5) is 0 Å². The van der Waals surface area contributed by atoms with E-state index in [0.717, 1.165) is 11.1 Å². The van der Waals surface area contributed by atoms with Gasteiger partial charge in [0.2, 0.25) is 0 Å². The molecule has 0 spiro atoms. The molecule has 0 N–H and O–H groups in total. The fourth-order valence-corrected chi connectivity index (χ4v) is 2.91. The molecule has 0 nitrogen and oxygen atoms in total. The van der Waals surface area contributed by atoms with E-state index in [9.17, 15) is 0 Å². The van der Waals surface area contributed by atoms with E-state index in [1.807, 2.05) is 12.1 Å². The Balaban J connectivity index is 0.00000182. The summed E-state index contributed by atoms with van der Waals surface area (Å²) in [5, 5.41) is 0.